The zero-order valence-electron chi connectivity index (χ0n) is 17.8. The lowest BCUT2D eigenvalue weighted by Crippen LogP contribution is -2.27. The molecule has 1 amide bonds. The summed E-state index contributed by atoms with van der Waals surface area (Å²) in [7, 11) is -3.41. The molecule has 2 heterocycles. The molecule has 1 saturated heterocycles. The van der Waals surface area contributed by atoms with E-state index in [9.17, 15) is 13.2 Å². The van der Waals surface area contributed by atoms with E-state index in [0.717, 1.165) is 30.4 Å². The standard InChI is InChI=1S/C23H27ClN2O5S/c24-20-14-18(15-21-23(20)31-13-3-12-30-21)16-25-22(27)9-6-17-4-7-19(8-5-17)32(28,29)26-10-1-2-11-26/h4-5,7-8,14-15H,1-3,6,9-13,16H2,(H,25,27). The van der Waals surface area contributed by atoms with Crippen LogP contribution >= 0.6 is 11.6 Å². The molecule has 0 spiro atoms. The van der Waals surface area contributed by atoms with Gasteiger partial charge in [-0.25, -0.2) is 8.42 Å². The number of hydrogen-bond donors (Lipinski definition) is 1. The zero-order chi connectivity index (χ0) is 22.6. The van der Waals surface area contributed by atoms with Crippen molar-refractivity contribution in [3.05, 3.63) is 52.5 Å². The summed E-state index contributed by atoms with van der Waals surface area (Å²) >= 11 is 6.30. The van der Waals surface area contributed by atoms with E-state index >= 15 is 0 Å². The number of hydrogen-bond acceptors (Lipinski definition) is 5. The van der Waals surface area contributed by atoms with Crippen LogP contribution in [0.4, 0.5) is 0 Å². The molecule has 1 fully saturated rings. The molecule has 2 aromatic rings. The van der Waals surface area contributed by atoms with Gasteiger partial charge >= 0.3 is 0 Å². The molecule has 0 aromatic heterocycles. The number of ether oxygens (including phenoxy) is 2. The second kappa shape index (κ2) is 10.1. The van der Waals surface area contributed by atoms with E-state index in [4.69, 9.17) is 21.1 Å². The minimum absolute atomic E-state index is 0.0954. The molecule has 172 valence electrons. The lowest BCUT2D eigenvalue weighted by Gasteiger charge is -2.15. The first-order valence-electron chi connectivity index (χ1n) is 10.9. The molecule has 4 rings (SSSR count). The number of fused-ring (bicyclic) bond motifs is 1. The van der Waals surface area contributed by atoms with Crippen molar-refractivity contribution in [1.29, 1.82) is 0 Å². The molecule has 0 atom stereocenters. The summed E-state index contributed by atoms with van der Waals surface area (Å²) < 4.78 is 38.0. The Morgan fingerprint density at radius 1 is 1.00 bits per heavy atom. The zero-order valence-corrected chi connectivity index (χ0v) is 19.4. The van der Waals surface area contributed by atoms with Gasteiger partial charge in [-0.2, -0.15) is 4.31 Å². The predicted octanol–water partition coefficient (Wildman–Crippen LogP) is 3.53. The number of sulfonamides is 1. The summed E-state index contributed by atoms with van der Waals surface area (Å²) in [5, 5.41) is 3.37. The second-order valence-corrected chi connectivity index (χ2v) is 10.3. The summed E-state index contributed by atoms with van der Waals surface area (Å²) in [4.78, 5) is 12.6. The van der Waals surface area contributed by atoms with Gasteiger partial charge in [0, 0.05) is 32.5 Å². The van der Waals surface area contributed by atoms with Crippen LogP contribution in [0.25, 0.3) is 0 Å². The van der Waals surface area contributed by atoms with Crippen molar-refractivity contribution in [2.24, 2.45) is 0 Å². The average Bonchev–Trinajstić information content (AvgIpc) is 3.24. The number of rotatable bonds is 7. The third-order valence-corrected chi connectivity index (χ3v) is 7.81. The SMILES string of the molecule is O=C(CCc1ccc(S(=O)(=O)N2CCCC2)cc1)NCc1cc(Cl)c2c(c1)OCCCO2. The van der Waals surface area contributed by atoms with Crippen molar-refractivity contribution in [2.75, 3.05) is 26.3 Å². The maximum atomic E-state index is 12.6. The third kappa shape index (κ3) is 5.36. The number of nitrogens with one attached hydrogen (secondary N) is 1. The summed E-state index contributed by atoms with van der Waals surface area (Å²) in [5.74, 6) is 1.06. The second-order valence-electron chi connectivity index (χ2n) is 7.99. The van der Waals surface area contributed by atoms with E-state index in [1.807, 2.05) is 6.07 Å². The first-order chi connectivity index (χ1) is 15.4. The van der Waals surface area contributed by atoms with Gasteiger partial charge in [-0.3, -0.25) is 4.79 Å². The van der Waals surface area contributed by atoms with Crippen molar-refractivity contribution in [2.45, 2.75) is 43.5 Å². The highest BCUT2D eigenvalue weighted by molar-refractivity contribution is 7.89. The van der Waals surface area contributed by atoms with Gasteiger partial charge in [-0.15, -0.1) is 0 Å². The van der Waals surface area contributed by atoms with Gasteiger partial charge in [-0.1, -0.05) is 23.7 Å². The summed E-state index contributed by atoms with van der Waals surface area (Å²) in [5.41, 5.74) is 1.75. The molecule has 2 aliphatic heterocycles. The lowest BCUT2D eigenvalue weighted by atomic mass is 10.1. The van der Waals surface area contributed by atoms with E-state index in [0.29, 0.717) is 67.1 Å². The molecule has 0 saturated carbocycles. The summed E-state index contributed by atoms with van der Waals surface area (Å²) in [6.07, 6.45) is 3.44. The highest BCUT2D eigenvalue weighted by Crippen LogP contribution is 2.38. The van der Waals surface area contributed by atoms with E-state index in [1.54, 1.807) is 30.3 Å². The smallest absolute Gasteiger partial charge is 0.243 e. The number of aryl methyl sites for hydroxylation is 1. The van der Waals surface area contributed by atoms with Crippen LogP contribution in [0.5, 0.6) is 11.5 Å². The van der Waals surface area contributed by atoms with Crippen molar-refractivity contribution >= 4 is 27.5 Å². The Kier molecular flexibility index (Phi) is 7.23. The Labute approximate surface area is 193 Å². The Bertz CT molecular complexity index is 1070. The van der Waals surface area contributed by atoms with Gasteiger partial charge in [0.05, 0.1) is 23.1 Å². The molecule has 0 radical (unpaired) electrons. The first-order valence-corrected chi connectivity index (χ1v) is 12.7. The van der Waals surface area contributed by atoms with Gasteiger partial charge in [0.1, 0.15) is 0 Å². The van der Waals surface area contributed by atoms with Crippen molar-refractivity contribution in [3.8, 4) is 11.5 Å². The molecular weight excluding hydrogens is 452 g/mol. The number of amides is 1. The average molecular weight is 479 g/mol. The van der Waals surface area contributed by atoms with Gasteiger partial charge in [-0.05, 0) is 54.7 Å². The van der Waals surface area contributed by atoms with Crippen LogP contribution < -0.4 is 14.8 Å². The van der Waals surface area contributed by atoms with E-state index in [1.165, 1.54) is 4.31 Å². The number of halogens is 1. The molecule has 0 bridgehead atoms. The van der Waals surface area contributed by atoms with Gasteiger partial charge in [0.15, 0.2) is 11.5 Å². The van der Waals surface area contributed by atoms with Gasteiger partial charge in [0.2, 0.25) is 15.9 Å². The number of benzene rings is 2. The third-order valence-electron chi connectivity index (χ3n) is 5.62. The maximum absolute atomic E-state index is 12.6. The van der Waals surface area contributed by atoms with Crippen molar-refractivity contribution in [3.63, 3.8) is 0 Å². The van der Waals surface area contributed by atoms with Gasteiger partial charge in [0.25, 0.3) is 0 Å². The fraction of sp³-hybridized carbons (Fsp3) is 0.435. The lowest BCUT2D eigenvalue weighted by molar-refractivity contribution is -0.121. The molecule has 0 unspecified atom stereocenters. The fourth-order valence-corrected chi connectivity index (χ4v) is 5.64. The minimum Gasteiger partial charge on any atom is -0.489 e. The van der Waals surface area contributed by atoms with Crippen LogP contribution in [0.3, 0.4) is 0 Å². The molecule has 7 nitrogen and oxygen atoms in total. The number of carbonyl (C=O) groups excluding carboxylic acids is 1. The molecule has 9 heteroatoms. The molecule has 1 N–H and O–H groups in total. The van der Waals surface area contributed by atoms with Crippen LogP contribution in [0.2, 0.25) is 5.02 Å². The summed E-state index contributed by atoms with van der Waals surface area (Å²) in [6.45, 7) is 2.63. The minimum atomic E-state index is -3.41. The van der Waals surface area contributed by atoms with Crippen LogP contribution in [-0.4, -0.2) is 44.9 Å². The van der Waals surface area contributed by atoms with E-state index < -0.39 is 10.0 Å². The first kappa shape index (κ1) is 22.9. The Balaban J connectivity index is 1.29. The van der Waals surface area contributed by atoms with Crippen LogP contribution in [0.15, 0.2) is 41.3 Å². The van der Waals surface area contributed by atoms with Crippen molar-refractivity contribution in [1.82, 2.24) is 9.62 Å². The van der Waals surface area contributed by atoms with Crippen molar-refractivity contribution < 1.29 is 22.7 Å². The molecular formula is C23H27ClN2O5S. The van der Waals surface area contributed by atoms with Gasteiger partial charge < -0.3 is 14.8 Å². The Morgan fingerprint density at radius 3 is 2.47 bits per heavy atom. The number of carbonyl (C=O) groups is 1. The molecule has 0 aliphatic carbocycles. The quantitative estimate of drug-likeness (QED) is 0.658. The monoisotopic (exact) mass is 478 g/mol. The maximum Gasteiger partial charge on any atom is 0.243 e. The Morgan fingerprint density at radius 2 is 1.72 bits per heavy atom. The van der Waals surface area contributed by atoms with E-state index in [2.05, 4.69) is 5.32 Å². The fourth-order valence-electron chi connectivity index (χ4n) is 3.84. The molecule has 2 aliphatic rings. The van der Waals surface area contributed by atoms with Crippen LogP contribution in [-0.2, 0) is 27.8 Å². The predicted molar refractivity (Wildman–Crippen MR) is 122 cm³/mol. The van der Waals surface area contributed by atoms with Crippen LogP contribution in [0, 0.1) is 0 Å². The largest absolute Gasteiger partial charge is 0.489 e. The Hall–Kier alpha value is -2.29. The summed E-state index contributed by atoms with van der Waals surface area (Å²) in [6, 6.07) is 10.4. The highest BCUT2D eigenvalue weighted by Gasteiger charge is 2.26. The highest BCUT2D eigenvalue weighted by atomic mass is 35.5. The molecule has 2 aromatic carbocycles. The van der Waals surface area contributed by atoms with E-state index in [-0.39, 0.29) is 5.91 Å². The van der Waals surface area contributed by atoms with Crippen LogP contribution in [0.1, 0.15) is 36.8 Å². The number of nitrogens with zero attached hydrogens (tertiary/aromatic N) is 1. The topological polar surface area (TPSA) is 84.9 Å². The molecule has 32 heavy (non-hydrogen) atoms. The normalized spacial score (nSPS) is 16.5.